The molecule has 142 valence electrons. The Balaban J connectivity index is 1.77. The van der Waals surface area contributed by atoms with Crippen LogP contribution in [-0.2, 0) is 0 Å². The Morgan fingerprint density at radius 3 is 2.07 bits per heavy atom. The number of aromatic nitrogens is 4. The van der Waals surface area contributed by atoms with E-state index < -0.39 is 0 Å². The summed E-state index contributed by atoms with van der Waals surface area (Å²) in [5.41, 5.74) is 6.04. The van der Waals surface area contributed by atoms with Gasteiger partial charge in [0.15, 0.2) is 5.11 Å². The summed E-state index contributed by atoms with van der Waals surface area (Å²) in [6.07, 6.45) is 3.78. The maximum atomic E-state index is 5.51. The molecule has 3 N–H and O–H groups in total. The van der Waals surface area contributed by atoms with Crippen LogP contribution < -0.4 is 5.32 Å². The molecule has 6 nitrogen and oxygen atoms in total. The second kappa shape index (κ2) is 7.82. The topological polar surface area (TPSA) is 72.6 Å². The average Bonchev–Trinajstić information content (AvgIpc) is 3.42. The van der Waals surface area contributed by atoms with Crippen molar-refractivity contribution in [1.82, 2.24) is 24.8 Å². The molecule has 0 saturated carbocycles. The molecule has 0 saturated heterocycles. The van der Waals surface area contributed by atoms with Crippen LogP contribution in [0.5, 0.6) is 0 Å². The number of hydrogen-bond acceptors (Lipinski definition) is 3. The number of benzene rings is 1. The number of anilines is 1. The molecule has 0 radical (unpaired) electrons. The zero-order valence-corrected chi connectivity index (χ0v) is 16.7. The minimum absolute atomic E-state index is 0.713. The van der Waals surface area contributed by atoms with E-state index >= 15 is 0 Å². The van der Waals surface area contributed by atoms with Gasteiger partial charge in [0.05, 0.1) is 22.4 Å². The van der Waals surface area contributed by atoms with Crippen molar-refractivity contribution in [2.45, 2.75) is 13.8 Å². The highest BCUT2D eigenvalue weighted by atomic mass is 32.1. The molecule has 0 fully saturated rings. The maximum absolute atomic E-state index is 5.51. The molecule has 0 aliphatic heterocycles. The molecule has 7 heteroatoms. The lowest BCUT2D eigenvalue weighted by atomic mass is 10.1. The van der Waals surface area contributed by atoms with Crippen molar-refractivity contribution in [3.05, 3.63) is 54.9 Å². The van der Waals surface area contributed by atoms with Gasteiger partial charge in [0, 0.05) is 31.2 Å². The van der Waals surface area contributed by atoms with Gasteiger partial charge in [-0.3, -0.25) is 0 Å². The lowest BCUT2D eigenvalue weighted by Crippen LogP contribution is -2.34. The average molecular weight is 391 g/mol. The Bertz CT molecular complexity index is 1080. The number of aromatic amines is 2. The monoisotopic (exact) mass is 390 g/mol. The number of fused-ring (bicyclic) bond motifs is 1. The number of thiocarbonyl (C=S) groups is 1. The molecular weight excluding hydrogens is 368 g/mol. The van der Waals surface area contributed by atoms with Gasteiger partial charge >= 0.3 is 0 Å². The molecule has 0 amide bonds. The predicted molar refractivity (Wildman–Crippen MR) is 118 cm³/mol. The third kappa shape index (κ3) is 3.48. The summed E-state index contributed by atoms with van der Waals surface area (Å²) >= 11 is 5.51. The van der Waals surface area contributed by atoms with Crippen molar-refractivity contribution in [2.24, 2.45) is 0 Å². The first-order valence-electron chi connectivity index (χ1n) is 9.34. The zero-order chi connectivity index (χ0) is 19.5. The van der Waals surface area contributed by atoms with Gasteiger partial charge in [-0.25, -0.2) is 9.97 Å². The van der Waals surface area contributed by atoms with Crippen LogP contribution in [0.4, 0.5) is 5.69 Å². The summed E-state index contributed by atoms with van der Waals surface area (Å²) < 4.78 is 0. The SMILES string of the molecule is CCN(CC)C(=S)Nc1ccc2nc(-c3ccc[nH]3)c(-c3ccc[nH]3)nc2c1. The van der Waals surface area contributed by atoms with Gasteiger partial charge in [0.25, 0.3) is 0 Å². The molecular formula is C21H22N6S. The van der Waals surface area contributed by atoms with Crippen molar-refractivity contribution < 1.29 is 0 Å². The quantitative estimate of drug-likeness (QED) is 0.432. The molecule has 0 atom stereocenters. The Kier molecular flexibility index (Phi) is 5.08. The molecule has 0 aliphatic carbocycles. The molecule has 28 heavy (non-hydrogen) atoms. The summed E-state index contributed by atoms with van der Waals surface area (Å²) in [4.78, 5) is 18.4. The summed E-state index contributed by atoms with van der Waals surface area (Å²) in [6.45, 7) is 5.92. The van der Waals surface area contributed by atoms with Gasteiger partial charge in [-0.15, -0.1) is 0 Å². The van der Waals surface area contributed by atoms with E-state index in [4.69, 9.17) is 22.2 Å². The molecule has 4 rings (SSSR count). The van der Waals surface area contributed by atoms with Crippen LogP contribution in [0.1, 0.15) is 13.8 Å². The minimum Gasteiger partial charge on any atom is -0.360 e. The highest BCUT2D eigenvalue weighted by Gasteiger charge is 2.15. The normalized spacial score (nSPS) is 10.9. The first kappa shape index (κ1) is 18.2. The predicted octanol–water partition coefficient (Wildman–Crippen LogP) is 4.66. The Morgan fingerprint density at radius 1 is 0.929 bits per heavy atom. The van der Waals surface area contributed by atoms with E-state index in [1.165, 1.54) is 0 Å². The van der Waals surface area contributed by atoms with Crippen molar-refractivity contribution in [3.8, 4) is 22.8 Å². The minimum atomic E-state index is 0.713. The van der Waals surface area contributed by atoms with Gasteiger partial charge in [-0.1, -0.05) is 0 Å². The molecule has 1 aromatic carbocycles. The zero-order valence-electron chi connectivity index (χ0n) is 15.9. The second-order valence-corrected chi connectivity index (χ2v) is 6.78. The van der Waals surface area contributed by atoms with Crippen molar-refractivity contribution in [1.29, 1.82) is 0 Å². The Hall–Kier alpha value is -3.19. The second-order valence-electron chi connectivity index (χ2n) is 6.39. The van der Waals surface area contributed by atoms with E-state index in [9.17, 15) is 0 Å². The van der Waals surface area contributed by atoms with E-state index in [0.29, 0.717) is 5.11 Å². The third-order valence-corrected chi connectivity index (χ3v) is 5.03. The van der Waals surface area contributed by atoms with Gasteiger partial charge in [0.2, 0.25) is 0 Å². The van der Waals surface area contributed by atoms with E-state index in [-0.39, 0.29) is 0 Å². The van der Waals surface area contributed by atoms with Crippen LogP contribution >= 0.6 is 12.2 Å². The number of nitrogens with zero attached hydrogens (tertiary/aromatic N) is 3. The van der Waals surface area contributed by atoms with Crippen LogP contribution in [0.15, 0.2) is 54.9 Å². The lowest BCUT2D eigenvalue weighted by Gasteiger charge is -2.22. The first-order valence-corrected chi connectivity index (χ1v) is 9.75. The molecule has 0 unspecified atom stereocenters. The molecule has 3 aromatic heterocycles. The summed E-state index contributed by atoms with van der Waals surface area (Å²) in [6, 6.07) is 13.9. The number of H-pyrrole nitrogens is 2. The van der Waals surface area contributed by atoms with Crippen LogP contribution in [0.25, 0.3) is 33.8 Å². The van der Waals surface area contributed by atoms with E-state index in [1.54, 1.807) is 0 Å². The molecule has 4 aromatic rings. The summed E-state index contributed by atoms with van der Waals surface area (Å²) in [5, 5.41) is 4.02. The van der Waals surface area contributed by atoms with Gasteiger partial charge in [-0.05, 0) is 68.5 Å². The van der Waals surface area contributed by atoms with Crippen LogP contribution in [0, 0.1) is 0 Å². The lowest BCUT2D eigenvalue weighted by molar-refractivity contribution is 0.473. The van der Waals surface area contributed by atoms with Crippen LogP contribution in [0.2, 0.25) is 0 Å². The summed E-state index contributed by atoms with van der Waals surface area (Å²) in [5.74, 6) is 0. The maximum Gasteiger partial charge on any atom is 0.173 e. The van der Waals surface area contributed by atoms with Gasteiger partial charge in [-0.2, -0.15) is 0 Å². The highest BCUT2D eigenvalue weighted by Crippen LogP contribution is 2.30. The van der Waals surface area contributed by atoms with E-state index in [2.05, 4.69) is 34.0 Å². The van der Waals surface area contributed by atoms with Gasteiger partial charge < -0.3 is 20.2 Å². The highest BCUT2D eigenvalue weighted by molar-refractivity contribution is 7.80. The third-order valence-electron chi connectivity index (χ3n) is 4.67. The number of rotatable bonds is 5. The number of nitrogens with one attached hydrogen (secondary N) is 3. The fourth-order valence-corrected chi connectivity index (χ4v) is 3.55. The first-order chi connectivity index (χ1) is 13.7. The fraction of sp³-hybridized carbons (Fsp3) is 0.190. The smallest absolute Gasteiger partial charge is 0.173 e. The van der Waals surface area contributed by atoms with E-state index in [0.717, 1.165) is 52.6 Å². The van der Waals surface area contributed by atoms with Crippen molar-refractivity contribution in [3.63, 3.8) is 0 Å². The van der Waals surface area contributed by atoms with Gasteiger partial charge in [0.1, 0.15) is 11.4 Å². The fourth-order valence-electron chi connectivity index (χ4n) is 3.18. The van der Waals surface area contributed by atoms with Crippen LogP contribution in [0.3, 0.4) is 0 Å². The molecule has 0 bridgehead atoms. The molecule has 0 aliphatic rings. The molecule has 3 heterocycles. The Labute approximate surface area is 169 Å². The molecule has 0 spiro atoms. The van der Waals surface area contributed by atoms with Crippen molar-refractivity contribution >= 4 is 34.1 Å². The van der Waals surface area contributed by atoms with Crippen LogP contribution in [-0.4, -0.2) is 43.0 Å². The number of hydrogen-bond donors (Lipinski definition) is 3. The Morgan fingerprint density at radius 2 is 1.54 bits per heavy atom. The van der Waals surface area contributed by atoms with Crippen molar-refractivity contribution in [2.75, 3.05) is 18.4 Å². The largest absolute Gasteiger partial charge is 0.360 e. The standard InChI is InChI=1S/C21H22N6S/c1-3-27(4-2)21(28)24-14-9-10-15-18(13-14)26-20(17-8-6-12-23-17)19(25-15)16-7-5-11-22-16/h5-13,22-23H,3-4H2,1-2H3,(H,24,28). The summed E-state index contributed by atoms with van der Waals surface area (Å²) in [7, 11) is 0. The van der Waals surface area contributed by atoms with E-state index in [1.807, 2.05) is 54.9 Å².